The van der Waals surface area contributed by atoms with Gasteiger partial charge in [-0.3, -0.25) is 9.59 Å². The molecule has 2 rings (SSSR count). The quantitative estimate of drug-likeness (QED) is 0.544. The van der Waals surface area contributed by atoms with Crippen molar-refractivity contribution in [3.8, 4) is 0 Å². The molecular weight excluding hydrogens is 194 g/mol. The van der Waals surface area contributed by atoms with Crippen LogP contribution in [0.15, 0.2) is 0 Å². The van der Waals surface area contributed by atoms with Gasteiger partial charge in [0, 0.05) is 12.6 Å². The fourth-order valence-electron chi connectivity index (χ4n) is 2.28. The molecule has 5 nitrogen and oxygen atoms in total. The molecule has 0 saturated carbocycles. The van der Waals surface area contributed by atoms with Gasteiger partial charge in [0.15, 0.2) is 0 Å². The standard InChI is InChI=1S/C10H17N3O2/c1-13-4-2-7(3-5-13)8-6-11-9(14)10(15)12-8/h7-8H,2-6H2,1H3,(H,11,14)(H,12,15). The van der Waals surface area contributed by atoms with Gasteiger partial charge in [-0.1, -0.05) is 0 Å². The third kappa shape index (κ3) is 2.28. The van der Waals surface area contributed by atoms with E-state index >= 15 is 0 Å². The minimum absolute atomic E-state index is 0.129. The Morgan fingerprint density at radius 2 is 1.87 bits per heavy atom. The average molecular weight is 211 g/mol. The normalized spacial score (nSPS) is 29.8. The fourth-order valence-corrected chi connectivity index (χ4v) is 2.28. The Hall–Kier alpha value is -1.10. The lowest BCUT2D eigenvalue weighted by Crippen LogP contribution is -2.59. The molecule has 1 atom stereocenters. The monoisotopic (exact) mass is 211 g/mol. The number of carbonyl (C=O) groups is 2. The molecule has 2 fully saturated rings. The van der Waals surface area contributed by atoms with Gasteiger partial charge in [0.05, 0.1) is 0 Å². The smallest absolute Gasteiger partial charge is 0.309 e. The van der Waals surface area contributed by atoms with Crippen molar-refractivity contribution in [3.63, 3.8) is 0 Å². The number of piperidine rings is 1. The molecule has 0 spiro atoms. The molecule has 2 amide bonds. The van der Waals surface area contributed by atoms with Gasteiger partial charge >= 0.3 is 11.8 Å². The summed E-state index contributed by atoms with van der Waals surface area (Å²) in [5, 5.41) is 5.41. The molecule has 0 aromatic heterocycles. The van der Waals surface area contributed by atoms with E-state index in [1.807, 2.05) is 0 Å². The Balaban J connectivity index is 1.89. The topological polar surface area (TPSA) is 61.4 Å². The number of hydrogen-bond donors (Lipinski definition) is 2. The second kappa shape index (κ2) is 4.18. The van der Waals surface area contributed by atoms with Gasteiger partial charge in [0.25, 0.3) is 0 Å². The van der Waals surface area contributed by atoms with Crippen molar-refractivity contribution < 1.29 is 9.59 Å². The molecule has 5 heteroatoms. The van der Waals surface area contributed by atoms with Gasteiger partial charge in [-0.05, 0) is 38.9 Å². The molecule has 2 aliphatic heterocycles. The maximum absolute atomic E-state index is 11.2. The molecule has 2 heterocycles. The summed E-state index contributed by atoms with van der Waals surface area (Å²) in [6.07, 6.45) is 2.19. The summed E-state index contributed by atoms with van der Waals surface area (Å²) >= 11 is 0. The average Bonchev–Trinajstić information content (AvgIpc) is 2.23. The van der Waals surface area contributed by atoms with Crippen molar-refractivity contribution in [1.82, 2.24) is 15.5 Å². The van der Waals surface area contributed by atoms with E-state index in [4.69, 9.17) is 0 Å². The first-order valence-electron chi connectivity index (χ1n) is 5.44. The van der Waals surface area contributed by atoms with Crippen LogP contribution in [0.4, 0.5) is 0 Å². The number of nitrogens with zero attached hydrogens (tertiary/aromatic N) is 1. The number of piperazine rings is 1. The second-order valence-corrected chi connectivity index (χ2v) is 4.43. The second-order valence-electron chi connectivity index (χ2n) is 4.43. The molecule has 0 aromatic rings. The van der Waals surface area contributed by atoms with Crippen LogP contribution in [0, 0.1) is 5.92 Å². The van der Waals surface area contributed by atoms with Gasteiger partial charge in [0.2, 0.25) is 0 Å². The minimum atomic E-state index is -0.501. The van der Waals surface area contributed by atoms with Crippen molar-refractivity contribution in [2.24, 2.45) is 5.92 Å². The molecule has 15 heavy (non-hydrogen) atoms. The van der Waals surface area contributed by atoms with E-state index in [-0.39, 0.29) is 6.04 Å². The number of hydrogen-bond acceptors (Lipinski definition) is 3. The molecule has 2 N–H and O–H groups in total. The molecule has 1 unspecified atom stereocenters. The van der Waals surface area contributed by atoms with Gasteiger partial charge < -0.3 is 15.5 Å². The van der Waals surface area contributed by atoms with Crippen LogP contribution in [-0.4, -0.2) is 49.4 Å². The molecule has 2 aliphatic rings. The van der Waals surface area contributed by atoms with Crippen molar-refractivity contribution in [2.75, 3.05) is 26.7 Å². The number of amides is 2. The van der Waals surface area contributed by atoms with Gasteiger partial charge in [-0.15, -0.1) is 0 Å². The largest absolute Gasteiger partial charge is 0.346 e. The van der Waals surface area contributed by atoms with Crippen LogP contribution in [0.2, 0.25) is 0 Å². The molecule has 0 aromatic carbocycles. The number of rotatable bonds is 1. The minimum Gasteiger partial charge on any atom is -0.346 e. The highest BCUT2D eigenvalue weighted by molar-refractivity contribution is 6.35. The lowest BCUT2D eigenvalue weighted by molar-refractivity contribution is -0.141. The highest BCUT2D eigenvalue weighted by Gasteiger charge is 2.32. The van der Waals surface area contributed by atoms with Crippen LogP contribution in [0.3, 0.4) is 0 Å². The lowest BCUT2D eigenvalue weighted by atomic mass is 9.88. The van der Waals surface area contributed by atoms with E-state index < -0.39 is 11.8 Å². The first kappa shape index (κ1) is 10.4. The first-order valence-corrected chi connectivity index (χ1v) is 5.44. The highest BCUT2D eigenvalue weighted by Crippen LogP contribution is 2.20. The van der Waals surface area contributed by atoms with Crippen LogP contribution in [0.5, 0.6) is 0 Å². The maximum atomic E-state index is 11.2. The molecule has 84 valence electrons. The van der Waals surface area contributed by atoms with E-state index in [0.717, 1.165) is 25.9 Å². The van der Waals surface area contributed by atoms with Crippen molar-refractivity contribution in [1.29, 1.82) is 0 Å². The summed E-state index contributed by atoms with van der Waals surface area (Å²) in [5.74, 6) is -0.477. The Kier molecular flexibility index (Phi) is 2.90. The Morgan fingerprint density at radius 1 is 1.20 bits per heavy atom. The zero-order valence-electron chi connectivity index (χ0n) is 8.95. The zero-order chi connectivity index (χ0) is 10.8. The van der Waals surface area contributed by atoms with E-state index in [1.54, 1.807) is 0 Å². The summed E-state index contributed by atoms with van der Waals surface area (Å²) in [6.45, 7) is 2.73. The van der Waals surface area contributed by atoms with Gasteiger partial charge in [-0.2, -0.15) is 0 Å². The fraction of sp³-hybridized carbons (Fsp3) is 0.800. The maximum Gasteiger partial charge on any atom is 0.309 e. The predicted molar refractivity (Wildman–Crippen MR) is 55.2 cm³/mol. The predicted octanol–water partition coefficient (Wildman–Crippen LogP) is -1.06. The van der Waals surface area contributed by atoms with Crippen LogP contribution >= 0.6 is 0 Å². The third-order valence-electron chi connectivity index (χ3n) is 3.34. The molecule has 0 aliphatic carbocycles. The third-order valence-corrected chi connectivity index (χ3v) is 3.34. The molecule has 0 bridgehead atoms. The number of nitrogens with one attached hydrogen (secondary N) is 2. The molecular formula is C10H17N3O2. The van der Waals surface area contributed by atoms with Gasteiger partial charge in [0.1, 0.15) is 0 Å². The SMILES string of the molecule is CN1CCC(C2CNC(=O)C(=O)N2)CC1. The number of carbonyl (C=O) groups excluding carboxylic acids is 2. The van der Waals surface area contributed by atoms with Crippen molar-refractivity contribution in [2.45, 2.75) is 18.9 Å². The van der Waals surface area contributed by atoms with Crippen LogP contribution < -0.4 is 10.6 Å². The van der Waals surface area contributed by atoms with E-state index in [2.05, 4.69) is 22.6 Å². The van der Waals surface area contributed by atoms with Crippen molar-refractivity contribution in [3.05, 3.63) is 0 Å². The summed E-state index contributed by atoms with van der Waals surface area (Å²) < 4.78 is 0. The molecule has 2 saturated heterocycles. The summed E-state index contributed by atoms with van der Waals surface area (Å²) in [5.41, 5.74) is 0. The van der Waals surface area contributed by atoms with E-state index in [1.165, 1.54) is 0 Å². The van der Waals surface area contributed by atoms with Crippen molar-refractivity contribution >= 4 is 11.8 Å². The Morgan fingerprint density at radius 3 is 2.47 bits per heavy atom. The Bertz CT molecular complexity index is 272. The Labute approximate surface area is 89.2 Å². The zero-order valence-corrected chi connectivity index (χ0v) is 8.95. The summed E-state index contributed by atoms with van der Waals surface area (Å²) in [6, 6.07) is 0.129. The summed E-state index contributed by atoms with van der Waals surface area (Å²) in [7, 11) is 2.11. The highest BCUT2D eigenvalue weighted by atomic mass is 16.2. The van der Waals surface area contributed by atoms with Crippen LogP contribution in [0.25, 0.3) is 0 Å². The molecule has 0 radical (unpaired) electrons. The van der Waals surface area contributed by atoms with Crippen LogP contribution in [-0.2, 0) is 9.59 Å². The first-order chi connectivity index (χ1) is 7.16. The van der Waals surface area contributed by atoms with Crippen LogP contribution in [0.1, 0.15) is 12.8 Å². The summed E-state index contributed by atoms with van der Waals surface area (Å²) in [4.78, 5) is 24.4. The van der Waals surface area contributed by atoms with E-state index in [0.29, 0.717) is 12.5 Å². The van der Waals surface area contributed by atoms with Gasteiger partial charge in [-0.25, -0.2) is 0 Å². The number of likely N-dealkylation sites (tertiary alicyclic amines) is 1. The lowest BCUT2D eigenvalue weighted by Gasteiger charge is -2.36. The van der Waals surface area contributed by atoms with E-state index in [9.17, 15) is 9.59 Å².